The Hall–Kier alpha value is -3.98. The summed E-state index contributed by atoms with van der Waals surface area (Å²) < 4.78 is 19.2. The van der Waals surface area contributed by atoms with Gasteiger partial charge in [-0.3, -0.25) is 23.3 Å². The van der Waals surface area contributed by atoms with Crippen molar-refractivity contribution in [1.82, 2.24) is 19.0 Å². The van der Waals surface area contributed by atoms with Gasteiger partial charge < -0.3 is 21.1 Å². The van der Waals surface area contributed by atoms with Gasteiger partial charge in [0.2, 0.25) is 0 Å². The molecule has 1 aliphatic rings. The third kappa shape index (κ3) is 5.01. The maximum Gasteiger partial charge on any atom is 0.336 e. The first-order valence-electron chi connectivity index (χ1n) is 12.5. The third-order valence-electron chi connectivity index (χ3n) is 6.70. The van der Waals surface area contributed by atoms with Crippen molar-refractivity contribution in [2.24, 2.45) is 7.05 Å². The molecule has 4 N–H and O–H groups in total. The van der Waals surface area contributed by atoms with Crippen molar-refractivity contribution in [3.05, 3.63) is 88.6 Å². The summed E-state index contributed by atoms with van der Waals surface area (Å²) in [6.07, 6.45) is 1.29. The molecule has 1 saturated carbocycles. The Morgan fingerprint density at radius 2 is 1.88 bits per heavy atom. The molecule has 4 aromatic rings. The molecule has 0 spiro atoms. The SMILES string of the molecule is Cc1c(=O)n(C)c(Nc2ccc(I)cc2F)c2c(=O)n(C3CC3)c(=O)n(-c3cccc(NC(=O)NCCO)c3)c12. The van der Waals surface area contributed by atoms with Crippen LogP contribution in [-0.2, 0) is 7.05 Å². The van der Waals surface area contributed by atoms with Gasteiger partial charge in [0, 0.05) is 34.5 Å². The minimum absolute atomic E-state index is 0.0523. The molecular formula is C27H26FIN6O5. The number of hydrogen-bond donors (Lipinski definition) is 4. The number of aryl methyl sites for hydroxylation is 1. The number of rotatable bonds is 7. The maximum absolute atomic E-state index is 14.9. The third-order valence-corrected chi connectivity index (χ3v) is 7.37. The van der Waals surface area contributed by atoms with E-state index in [1.807, 2.05) is 22.6 Å². The van der Waals surface area contributed by atoms with Crippen LogP contribution in [0.5, 0.6) is 0 Å². The van der Waals surface area contributed by atoms with Crippen LogP contribution in [0.3, 0.4) is 0 Å². The van der Waals surface area contributed by atoms with Gasteiger partial charge in [0.25, 0.3) is 11.1 Å². The average molecular weight is 660 g/mol. The molecule has 2 heterocycles. The number of carbonyl (C=O) groups excluding carboxylic acids is 1. The van der Waals surface area contributed by atoms with Crippen LogP contribution in [0.2, 0.25) is 0 Å². The lowest BCUT2D eigenvalue weighted by molar-refractivity contribution is 0.245. The van der Waals surface area contributed by atoms with E-state index in [1.54, 1.807) is 30.3 Å². The van der Waals surface area contributed by atoms with Gasteiger partial charge >= 0.3 is 11.7 Å². The Labute approximate surface area is 240 Å². The van der Waals surface area contributed by atoms with Crippen LogP contribution in [0.4, 0.5) is 26.4 Å². The first-order valence-corrected chi connectivity index (χ1v) is 13.6. The van der Waals surface area contributed by atoms with E-state index >= 15 is 0 Å². The zero-order valence-corrected chi connectivity index (χ0v) is 23.8. The lowest BCUT2D eigenvalue weighted by Gasteiger charge is -2.21. The molecule has 1 aliphatic carbocycles. The fourth-order valence-corrected chi connectivity index (χ4v) is 5.09. The highest BCUT2D eigenvalue weighted by atomic mass is 127. The second-order valence-electron chi connectivity index (χ2n) is 9.49. The summed E-state index contributed by atoms with van der Waals surface area (Å²) in [6, 6.07) is 10.1. The van der Waals surface area contributed by atoms with Crippen LogP contribution in [0.15, 0.2) is 56.8 Å². The van der Waals surface area contributed by atoms with Gasteiger partial charge in [-0.25, -0.2) is 14.0 Å². The predicted octanol–water partition coefficient (Wildman–Crippen LogP) is 3.10. The van der Waals surface area contributed by atoms with Crippen molar-refractivity contribution in [2.45, 2.75) is 25.8 Å². The standard InChI is InChI=1S/C27H26FIN6O5/c1-14-22-21(23(33(2)24(14)37)32-20-9-6-15(29)12-19(20)28)25(38)35(17-7-8-17)27(40)34(22)18-5-3-4-16(13-18)31-26(39)30-10-11-36/h3-6,9,12-13,17,32,36H,7-8,10-11H2,1-2H3,(H2,30,31,39). The van der Waals surface area contributed by atoms with Crippen molar-refractivity contribution in [2.75, 3.05) is 23.8 Å². The molecule has 0 radical (unpaired) electrons. The van der Waals surface area contributed by atoms with Crippen LogP contribution >= 0.6 is 22.6 Å². The predicted molar refractivity (Wildman–Crippen MR) is 159 cm³/mol. The Morgan fingerprint density at radius 3 is 2.55 bits per heavy atom. The lowest BCUT2D eigenvalue weighted by atomic mass is 10.1. The van der Waals surface area contributed by atoms with Gasteiger partial charge in [0.05, 0.1) is 23.5 Å². The molecule has 208 valence electrons. The number of urea groups is 1. The molecule has 40 heavy (non-hydrogen) atoms. The Kier molecular flexibility index (Phi) is 7.51. The van der Waals surface area contributed by atoms with Crippen molar-refractivity contribution in [3.63, 3.8) is 0 Å². The van der Waals surface area contributed by atoms with Gasteiger partial charge in [-0.1, -0.05) is 6.07 Å². The van der Waals surface area contributed by atoms with E-state index in [4.69, 9.17) is 5.11 Å². The number of aliphatic hydroxyl groups is 1. The molecule has 5 rings (SSSR count). The van der Waals surface area contributed by atoms with Gasteiger partial charge in [-0.2, -0.15) is 0 Å². The Bertz CT molecular complexity index is 1840. The van der Waals surface area contributed by atoms with Crippen molar-refractivity contribution < 1.29 is 14.3 Å². The molecule has 0 unspecified atom stereocenters. The summed E-state index contributed by atoms with van der Waals surface area (Å²) in [5.74, 6) is -0.515. The number of aromatic nitrogens is 3. The average Bonchev–Trinajstić information content (AvgIpc) is 3.75. The van der Waals surface area contributed by atoms with Crippen LogP contribution in [-0.4, -0.2) is 38.0 Å². The summed E-state index contributed by atoms with van der Waals surface area (Å²) in [6.45, 7) is 1.36. The van der Waals surface area contributed by atoms with Crippen LogP contribution in [0.25, 0.3) is 16.6 Å². The minimum atomic E-state index is -0.621. The van der Waals surface area contributed by atoms with Gasteiger partial charge in [-0.05, 0) is 78.8 Å². The fraction of sp³-hybridized carbons (Fsp3) is 0.259. The maximum atomic E-state index is 14.9. The first kappa shape index (κ1) is 27.6. The minimum Gasteiger partial charge on any atom is -0.395 e. The number of nitrogens with zero attached hydrogens (tertiary/aromatic N) is 3. The number of benzene rings is 2. The van der Waals surface area contributed by atoms with Crippen molar-refractivity contribution in [1.29, 1.82) is 0 Å². The molecule has 0 bridgehead atoms. The van der Waals surface area contributed by atoms with Crippen LogP contribution in [0, 0.1) is 16.3 Å². The van der Waals surface area contributed by atoms with Crippen LogP contribution < -0.4 is 32.8 Å². The molecular weight excluding hydrogens is 634 g/mol. The summed E-state index contributed by atoms with van der Waals surface area (Å²) >= 11 is 1.98. The largest absolute Gasteiger partial charge is 0.395 e. The molecule has 0 saturated heterocycles. The number of aliphatic hydroxyl groups excluding tert-OH is 1. The number of nitrogens with one attached hydrogen (secondary N) is 3. The number of hydrogen-bond acceptors (Lipinski definition) is 6. The second kappa shape index (κ2) is 10.9. The number of anilines is 3. The Balaban J connectivity index is 1.80. The number of amides is 2. The molecule has 0 aliphatic heterocycles. The highest BCUT2D eigenvalue weighted by molar-refractivity contribution is 14.1. The fourth-order valence-electron chi connectivity index (χ4n) is 4.64. The molecule has 0 atom stereocenters. The van der Waals surface area contributed by atoms with Gasteiger partial charge in [0.1, 0.15) is 17.0 Å². The number of halogens is 2. The summed E-state index contributed by atoms with van der Waals surface area (Å²) in [5.41, 5.74) is -0.711. The van der Waals surface area contributed by atoms with E-state index in [1.165, 1.54) is 39.8 Å². The quantitative estimate of drug-likeness (QED) is 0.225. The van der Waals surface area contributed by atoms with E-state index < -0.39 is 28.7 Å². The van der Waals surface area contributed by atoms with Crippen molar-refractivity contribution >= 4 is 56.7 Å². The number of pyridine rings is 1. The van der Waals surface area contributed by atoms with Gasteiger partial charge in [0.15, 0.2) is 0 Å². The first-order chi connectivity index (χ1) is 19.1. The number of fused-ring (bicyclic) bond motifs is 1. The highest BCUT2D eigenvalue weighted by Crippen LogP contribution is 2.34. The Morgan fingerprint density at radius 1 is 1.12 bits per heavy atom. The van der Waals surface area contributed by atoms with E-state index in [-0.39, 0.29) is 47.2 Å². The van der Waals surface area contributed by atoms with E-state index in [2.05, 4.69) is 16.0 Å². The smallest absolute Gasteiger partial charge is 0.336 e. The summed E-state index contributed by atoms with van der Waals surface area (Å²) in [4.78, 5) is 53.4. The normalized spacial score (nSPS) is 12.9. The second-order valence-corrected chi connectivity index (χ2v) is 10.7. The lowest BCUT2D eigenvalue weighted by Crippen LogP contribution is -2.41. The summed E-state index contributed by atoms with van der Waals surface area (Å²) in [5, 5.41) is 17.1. The molecule has 2 aromatic heterocycles. The van der Waals surface area contributed by atoms with Gasteiger partial charge in [-0.15, -0.1) is 0 Å². The highest BCUT2D eigenvalue weighted by Gasteiger charge is 2.31. The monoisotopic (exact) mass is 660 g/mol. The molecule has 2 aromatic carbocycles. The summed E-state index contributed by atoms with van der Waals surface area (Å²) in [7, 11) is 1.48. The molecule has 1 fully saturated rings. The zero-order valence-electron chi connectivity index (χ0n) is 21.6. The topological polar surface area (TPSA) is 139 Å². The van der Waals surface area contributed by atoms with E-state index in [9.17, 15) is 23.6 Å². The van der Waals surface area contributed by atoms with E-state index in [0.717, 1.165) is 0 Å². The molecule has 2 amide bonds. The van der Waals surface area contributed by atoms with Crippen molar-refractivity contribution in [3.8, 4) is 5.69 Å². The zero-order chi connectivity index (χ0) is 28.7. The molecule has 11 nitrogen and oxygen atoms in total. The molecule has 13 heteroatoms. The van der Waals surface area contributed by atoms with E-state index in [0.29, 0.717) is 27.8 Å². The number of carbonyl (C=O) groups is 1. The van der Waals surface area contributed by atoms with Crippen LogP contribution in [0.1, 0.15) is 24.4 Å².